The fourth-order valence-corrected chi connectivity index (χ4v) is 19.8. The summed E-state index contributed by atoms with van der Waals surface area (Å²) in [5.41, 5.74) is 0. The Labute approximate surface area is 312 Å². The van der Waals surface area contributed by atoms with Crippen LogP contribution in [-0.2, 0) is 59.1 Å². The maximum absolute atomic E-state index is 12.3. The quantitative estimate of drug-likeness (QED) is 0.0389. The van der Waals surface area contributed by atoms with Crippen LogP contribution in [0.2, 0.25) is 24.2 Å². The molecular formula is C31H64O17Si4. The highest BCUT2D eigenvalue weighted by Gasteiger charge is 2.58. The molecule has 4 saturated heterocycles. The van der Waals surface area contributed by atoms with Crippen molar-refractivity contribution in [2.24, 2.45) is 0 Å². The van der Waals surface area contributed by atoms with Crippen LogP contribution in [0.25, 0.3) is 0 Å². The molecule has 0 aromatic carbocycles. The fraction of sp³-hybridized carbons (Fsp3) is 1.00. The van der Waals surface area contributed by atoms with Crippen LogP contribution in [0.1, 0.15) is 51.4 Å². The number of rotatable bonds is 37. The van der Waals surface area contributed by atoms with E-state index in [1.54, 1.807) is 0 Å². The molecule has 0 aromatic rings. The molecule has 0 aliphatic carbocycles. The lowest BCUT2D eigenvalue weighted by atomic mass is 10.3. The number of aliphatic hydroxyl groups excluding tert-OH is 1. The van der Waals surface area contributed by atoms with Crippen molar-refractivity contribution in [3.8, 4) is 0 Å². The highest BCUT2D eigenvalue weighted by Crippen LogP contribution is 2.32. The molecule has 306 valence electrons. The first-order chi connectivity index (χ1) is 25.1. The normalized spacial score (nSPS) is 26.7. The molecule has 4 aliphatic rings. The van der Waals surface area contributed by atoms with Crippen molar-refractivity contribution in [3.05, 3.63) is 0 Å². The van der Waals surface area contributed by atoms with Gasteiger partial charge in [0.25, 0.3) is 0 Å². The zero-order valence-corrected chi connectivity index (χ0v) is 35.1. The summed E-state index contributed by atoms with van der Waals surface area (Å²) in [6, 6.07) is 0.648. The lowest BCUT2D eigenvalue weighted by Crippen LogP contribution is -2.65. The van der Waals surface area contributed by atoms with E-state index in [1.807, 2.05) is 0 Å². The molecule has 0 spiro atoms. The first-order valence-corrected chi connectivity index (χ1v) is 27.0. The first kappa shape index (κ1) is 44.9. The third-order valence-electron chi connectivity index (χ3n) is 8.87. The van der Waals surface area contributed by atoms with Crippen LogP contribution in [0, 0.1) is 0 Å². The van der Waals surface area contributed by atoms with Crippen molar-refractivity contribution >= 4 is 35.0 Å². The number of epoxide rings is 4. The SMILES string of the molecule is CO[Si](O)(CCCCOCC1CO1)O[Si](CCCCOCC1CO1)(OC)O[Si](O)(CCCCOCC1CO1)O[Si](O)(CO)CCCCOCC1CO1. The molecular weight excluding hydrogens is 757 g/mol. The van der Waals surface area contributed by atoms with Gasteiger partial charge in [0.05, 0.1) is 59.1 Å². The van der Waals surface area contributed by atoms with E-state index >= 15 is 0 Å². The number of hydrogen-bond acceptors (Lipinski definition) is 17. The van der Waals surface area contributed by atoms with E-state index in [4.69, 9.17) is 59.1 Å². The number of ether oxygens (including phenoxy) is 8. The molecule has 8 atom stereocenters. The van der Waals surface area contributed by atoms with Gasteiger partial charge in [0.1, 0.15) is 24.4 Å². The summed E-state index contributed by atoms with van der Waals surface area (Å²) < 4.78 is 74.3. The molecule has 8 unspecified atom stereocenters. The molecule has 0 amide bonds. The van der Waals surface area contributed by atoms with Gasteiger partial charge in [-0.25, -0.2) is 0 Å². The molecule has 52 heavy (non-hydrogen) atoms. The van der Waals surface area contributed by atoms with Crippen LogP contribution < -0.4 is 0 Å². The Hall–Kier alpha value is 0.188. The van der Waals surface area contributed by atoms with Gasteiger partial charge >= 0.3 is 35.0 Å². The maximum Gasteiger partial charge on any atom is 0.490 e. The van der Waals surface area contributed by atoms with E-state index in [1.165, 1.54) is 14.2 Å². The molecule has 0 bridgehead atoms. The molecule has 4 heterocycles. The molecule has 0 aromatic heterocycles. The minimum atomic E-state index is -4.35. The largest absolute Gasteiger partial charge is 0.490 e. The van der Waals surface area contributed by atoms with Gasteiger partial charge in [-0.05, 0) is 57.4 Å². The Kier molecular flexibility index (Phi) is 20.2. The zero-order valence-electron chi connectivity index (χ0n) is 31.1. The van der Waals surface area contributed by atoms with E-state index in [9.17, 15) is 19.5 Å². The van der Waals surface area contributed by atoms with Gasteiger partial charge in [0, 0.05) is 58.8 Å². The van der Waals surface area contributed by atoms with Gasteiger partial charge in [-0.2, -0.15) is 0 Å². The fourth-order valence-electron chi connectivity index (χ4n) is 5.34. The van der Waals surface area contributed by atoms with Crippen molar-refractivity contribution < 1.29 is 78.6 Å². The van der Waals surface area contributed by atoms with E-state index in [0.29, 0.717) is 124 Å². The van der Waals surface area contributed by atoms with Gasteiger partial charge in [-0.1, -0.05) is 0 Å². The Bertz CT molecular complexity index is 968. The van der Waals surface area contributed by atoms with Crippen LogP contribution in [0.15, 0.2) is 0 Å². The molecule has 0 radical (unpaired) electrons. The third kappa shape index (κ3) is 19.4. The van der Waals surface area contributed by atoms with E-state index in [0.717, 1.165) is 6.61 Å². The molecule has 17 nitrogen and oxygen atoms in total. The number of aliphatic hydroxyl groups is 1. The smallest absolute Gasteiger partial charge is 0.410 e. The van der Waals surface area contributed by atoms with Crippen LogP contribution in [-0.4, -0.2) is 179 Å². The molecule has 0 saturated carbocycles. The summed E-state index contributed by atoms with van der Waals surface area (Å²) in [6.07, 6.45) is 4.59. The maximum atomic E-state index is 12.3. The number of hydrogen-bond donors (Lipinski definition) is 4. The highest BCUT2D eigenvalue weighted by atomic mass is 28.5. The van der Waals surface area contributed by atoms with Crippen LogP contribution in [0.5, 0.6) is 0 Å². The van der Waals surface area contributed by atoms with E-state index in [-0.39, 0.29) is 48.6 Å². The second-order valence-electron chi connectivity index (χ2n) is 13.9. The average Bonchev–Trinajstić information content (AvgIpc) is 3.93. The van der Waals surface area contributed by atoms with Crippen molar-refractivity contribution in [1.82, 2.24) is 0 Å². The Balaban J connectivity index is 1.40. The summed E-state index contributed by atoms with van der Waals surface area (Å²) in [4.78, 5) is 35.6. The monoisotopic (exact) mass is 820 g/mol. The molecule has 4 fully saturated rings. The van der Waals surface area contributed by atoms with Crippen molar-refractivity contribution in [1.29, 1.82) is 0 Å². The highest BCUT2D eigenvalue weighted by molar-refractivity contribution is 6.84. The van der Waals surface area contributed by atoms with Crippen molar-refractivity contribution in [3.63, 3.8) is 0 Å². The second kappa shape index (κ2) is 23.4. The minimum absolute atomic E-state index is 0.0527. The summed E-state index contributed by atoms with van der Waals surface area (Å²) >= 11 is 0. The Morgan fingerprint density at radius 3 is 1.21 bits per heavy atom. The lowest BCUT2D eigenvalue weighted by Gasteiger charge is -2.41. The standard InChI is InChI=1S/C31H64O17Si4/c1-36-50(34,16-8-4-12-39-20-29-24-43-29)47-52(37-2,18-10-6-14-41-22-31-26-45-31)48-51(35,17-9-5-13-40-21-30-25-44-30)46-49(33,27-32)15-7-3-11-38-19-28-23-42-28/h28-35H,3-27H2,1-2H3. The van der Waals surface area contributed by atoms with Crippen LogP contribution >= 0.6 is 0 Å². The Morgan fingerprint density at radius 1 is 0.481 bits per heavy atom. The zero-order chi connectivity index (χ0) is 37.2. The molecule has 4 N–H and O–H groups in total. The topological polar surface area (TPSA) is 214 Å². The molecule has 4 rings (SSSR count). The van der Waals surface area contributed by atoms with Gasteiger partial charge in [0.2, 0.25) is 0 Å². The average molecular weight is 821 g/mol. The van der Waals surface area contributed by atoms with E-state index in [2.05, 4.69) is 0 Å². The summed E-state index contributed by atoms with van der Waals surface area (Å²) in [5, 5.41) is 10.4. The van der Waals surface area contributed by atoms with Crippen molar-refractivity contribution in [2.75, 3.05) is 99.7 Å². The van der Waals surface area contributed by atoms with Gasteiger partial charge in [0.15, 0.2) is 0 Å². The third-order valence-corrected chi connectivity index (χ3v) is 22.5. The van der Waals surface area contributed by atoms with Gasteiger partial charge < -0.3 is 78.6 Å². The molecule has 21 heteroatoms. The van der Waals surface area contributed by atoms with Crippen molar-refractivity contribution in [2.45, 2.75) is 100.0 Å². The van der Waals surface area contributed by atoms with Crippen LogP contribution in [0.4, 0.5) is 0 Å². The lowest BCUT2D eigenvalue weighted by molar-refractivity contribution is 0.0858. The summed E-state index contributed by atoms with van der Waals surface area (Å²) in [5.74, 6) is 0. The van der Waals surface area contributed by atoms with Gasteiger partial charge in [-0.3, -0.25) is 0 Å². The number of unbranched alkanes of at least 4 members (excludes halogenated alkanes) is 4. The summed E-state index contributed by atoms with van der Waals surface area (Å²) in [7, 11) is -13.3. The Morgan fingerprint density at radius 2 is 0.846 bits per heavy atom. The summed E-state index contributed by atoms with van der Waals surface area (Å²) in [6.45, 7) is 6.86. The van der Waals surface area contributed by atoms with Gasteiger partial charge in [-0.15, -0.1) is 0 Å². The van der Waals surface area contributed by atoms with Crippen LogP contribution in [0.3, 0.4) is 0 Å². The first-order valence-electron chi connectivity index (χ1n) is 18.9. The predicted octanol–water partition coefficient (Wildman–Crippen LogP) is 0.879. The second-order valence-corrected chi connectivity index (χ2v) is 25.6. The van der Waals surface area contributed by atoms with E-state index < -0.39 is 41.2 Å². The minimum Gasteiger partial charge on any atom is -0.410 e. The predicted molar refractivity (Wildman–Crippen MR) is 192 cm³/mol. The molecule has 4 aliphatic heterocycles.